The van der Waals surface area contributed by atoms with Crippen LogP contribution >= 0.6 is 11.6 Å². The molecule has 0 radical (unpaired) electrons. The fraction of sp³-hybridized carbons (Fsp3) is 0.417. The first kappa shape index (κ1) is 9.72. The molecule has 2 rings (SSSR count). The second-order valence-electron chi connectivity index (χ2n) is 3.87. The van der Waals surface area contributed by atoms with Crippen molar-refractivity contribution < 1.29 is 4.79 Å². The van der Waals surface area contributed by atoms with Crippen molar-refractivity contribution in [3.8, 4) is 0 Å². The zero-order chi connectivity index (χ0) is 10.0. The Morgan fingerprint density at radius 3 is 2.93 bits per heavy atom. The number of hydrogen-bond donors (Lipinski definition) is 0. The van der Waals surface area contributed by atoms with E-state index < -0.39 is 0 Å². The van der Waals surface area contributed by atoms with Crippen LogP contribution < -0.4 is 0 Å². The zero-order valence-corrected chi connectivity index (χ0v) is 8.76. The van der Waals surface area contributed by atoms with Gasteiger partial charge in [-0.1, -0.05) is 24.3 Å². The SMILES string of the molecule is O=CC1(CCCl)CCc2ccccc21. The Kier molecular flexibility index (Phi) is 2.60. The number of aldehydes is 1. The van der Waals surface area contributed by atoms with Crippen LogP contribution in [0.1, 0.15) is 24.0 Å². The van der Waals surface area contributed by atoms with Crippen molar-refractivity contribution in [2.45, 2.75) is 24.7 Å². The van der Waals surface area contributed by atoms with Crippen LogP contribution in [0.2, 0.25) is 0 Å². The van der Waals surface area contributed by atoms with Gasteiger partial charge < -0.3 is 4.79 Å². The molecule has 0 fully saturated rings. The van der Waals surface area contributed by atoms with Crippen molar-refractivity contribution in [2.24, 2.45) is 0 Å². The molecule has 74 valence electrons. The van der Waals surface area contributed by atoms with E-state index in [1.54, 1.807) is 0 Å². The van der Waals surface area contributed by atoms with Crippen molar-refractivity contribution in [3.63, 3.8) is 0 Å². The van der Waals surface area contributed by atoms with Gasteiger partial charge in [-0.25, -0.2) is 0 Å². The predicted molar refractivity (Wildman–Crippen MR) is 57.8 cm³/mol. The molecule has 1 aromatic rings. The monoisotopic (exact) mass is 208 g/mol. The first-order valence-corrected chi connectivity index (χ1v) is 5.46. The van der Waals surface area contributed by atoms with Crippen LogP contribution in [-0.2, 0) is 16.6 Å². The van der Waals surface area contributed by atoms with Crippen LogP contribution in [-0.4, -0.2) is 12.2 Å². The van der Waals surface area contributed by atoms with E-state index in [-0.39, 0.29) is 5.41 Å². The van der Waals surface area contributed by atoms with Gasteiger partial charge in [0.1, 0.15) is 6.29 Å². The number of aryl methyl sites for hydroxylation is 1. The van der Waals surface area contributed by atoms with E-state index in [0.29, 0.717) is 5.88 Å². The smallest absolute Gasteiger partial charge is 0.130 e. The lowest BCUT2D eigenvalue weighted by Crippen LogP contribution is -2.25. The summed E-state index contributed by atoms with van der Waals surface area (Å²) in [5.41, 5.74) is 2.21. The van der Waals surface area contributed by atoms with Gasteiger partial charge in [0.05, 0.1) is 5.41 Å². The lowest BCUT2D eigenvalue weighted by atomic mass is 9.81. The average molecular weight is 209 g/mol. The van der Waals surface area contributed by atoms with E-state index in [1.165, 1.54) is 11.1 Å². The molecule has 1 unspecified atom stereocenters. The lowest BCUT2D eigenvalue weighted by molar-refractivity contribution is -0.112. The molecule has 0 aliphatic heterocycles. The van der Waals surface area contributed by atoms with E-state index in [2.05, 4.69) is 12.1 Å². The standard InChI is InChI=1S/C12H13ClO/c13-8-7-12(9-14)6-5-10-3-1-2-4-11(10)12/h1-4,9H,5-8H2. The summed E-state index contributed by atoms with van der Waals surface area (Å²) in [7, 11) is 0. The molecule has 0 spiro atoms. The Bertz CT molecular complexity index is 344. The molecule has 0 bridgehead atoms. The van der Waals surface area contributed by atoms with Crippen LogP contribution in [0.3, 0.4) is 0 Å². The highest BCUT2D eigenvalue weighted by molar-refractivity contribution is 6.18. The third kappa shape index (κ3) is 1.36. The minimum atomic E-state index is -0.293. The molecule has 2 heteroatoms. The number of carbonyl (C=O) groups is 1. The number of hydrogen-bond acceptors (Lipinski definition) is 1. The fourth-order valence-corrected chi connectivity index (χ4v) is 2.66. The molecule has 0 heterocycles. The molecule has 1 aromatic carbocycles. The van der Waals surface area contributed by atoms with Gasteiger partial charge in [-0.3, -0.25) is 0 Å². The summed E-state index contributed by atoms with van der Waals surface area (Å²) < 4.78 is 0. The summed E-state index contributed by atoms with van der Waals surface area (Å²) in [4.78, 5) is 11.2. The second-order valence-corrected chi connectivity index (χ2v) is 4.25. The van der Waals surface area contributed by atoms with E-state index in [1.807, 2.05) is 12.1 Å². The van der Waals surface area contributed by atoms with Crippen LogP contribution in [0.15, 0.2) is 24.3 Å². The van der Waals surface area contributed by atoms with Crippen LogP contribution in [0.4, 0.5) is 0 Å². The molecule has 1 aliphatic carbocycles. The third-order valence-electron chi connectivity index (χ3n) is 3.16. The average Bonchev–Trinajstić information content (AvgIpc) is 2.59. The summed E-state index contributed by atoms with van der Waals surface area (Å²) in [5, 5.41) is 0. The number of halogens is 1. The molecule has 1 atom stereocenters. The van der Waals surface area contributed by atoms with Crippen molar-refractivity contribution in [1.29, 1.82) is 0 Å². The topological polar surface area (TPSA) is 17.1 Å². The molecular formula is C12H13ClO. The lowest BCUT2D eigenvalue weighted by Gasteiger charge is -2.22. The Morgan fingerprint density at radius 1 is 1.43 bits per heavy atom. The highest BCUT2D eigenvalue weighted by Crippen LogP contribution is 2.40. The van der Waals surface area contributed by atoms with Crippen LogP contribution in [0.25, 0.3) is 0 Å². The maximum absolute atomic E-state index is 11.2. The largest absolute Gasteiger partial charge is 0.302 e. The predicted octanol–water partition coefficient (Wildman–Crippen LogP) is 2.70. The molecule has 0 N–H and O–H groups in total. The number of fused-ring (bicyclic) bond motifs is 1. The Hall–Kier alpha value is -0.820. The highest BCUT2D eigenvalue weighted by Gasteiger charge is 2.37. The molecule has 0 aromatic heterocycles. The fourth-order valence-electron chi connectivity index (χ4n) is 2.33. The zero-order valence-electron chi connectivity index (χ0n) is 8.00. The normalized spacial score (nSPS) is 24.6. The number of rotatable bonds is 3. The van der Waals surface area contributed by atoms with Crippen molar-refractivity contribution >= 4 is 17.9 Å². The van der Waals surface area contributed by atoms with Crippen molar-refractivity contribution in [3.05, 3.63) is 35.4 Å². The molecule has 0 saturated carbocycles. The van der Waals surface area contributed by atoms with Gasteiger partial charge in [0, 0.05) is 5.88 Å². The summed E-state index contributed by atoms with van der Waals surface area (Å²) in [6, 6.07) is 8.19. The van der Waals surface area contributed by atoms with E-state index >= 15 is 0 Å². The Morgan fingerprint density at radius 2 is 2.21 bits per heavy atom. The summed E-state index contributed by atoms with van der Waals surface area (Å²) >= 11 is 5.76. The van der Waals surface area contributed by atoms with Gasteiger partial charge in [0.15, 0.2) is 0 Å². The first-order chi connectivity index (χ1) is 6.82. The number of alkyl halides is 1. The summed E-state index contributed by atoms with van der Waals surface area (Å²) in [6.07, 6.45) is 3.77. The molecule has 1 aliphatic rings. The maximum atomic E-state index is 11.2. The summed E-state index contributed by atoms with van der Waals surface area (Å²) in [5.74, 6) is 0.549. The number of carbonyl (C=O) groups excluding carboxylic acids is 1. The minimum absolute atomic E-state index is 0.293. The number of benzene rings is 1. The van der Waals surface area contributed by atoms with E-state index in [4.69, 9.17) is 11.6 Å². The van der Waals surface area contributed by atoms with Gasteiger partial charge in [-0.05, 0) is 30.4 Å². The van der Waals surface area contributed by atoms with Crippen LogP contribution in [0.5, 0.6) is 0 Å². The van der Waals surface area contributed by atoms with Gasteiger partial charge in [-0.2, -0.15) is 0 Å². The molecule has 1 nitrogen and oxygen atoms in total. The van der Waals surface area contributed by atoms with E-state index in [0.717, 1.165) is 25.5 Å². The van der Waals surface area contributed by atoms with E-state index in [9.17, 15) is 4.79 Å². The first-order valence-electron chi connectivity index (χ1n) is 4.93. The minimum Gasteiger partial charge on any atom is -0.302 e. The Labute approximate surface area is 89.1 Å². The molecule has 14 heavy (non-hydrogen) atoms. The van der Waals surface area contributed by atoms with Crippen molar-refractivity contribution in [2.75, 3.05) is 5.88 Å². The second kappa shape index (κ2) is 3.74. The molecule has 0 saturated heterocycles. The molecular weight excluding hydrogens is 196 g/mol. The third-order valence-corrected chi connectivity index (χ3v) is 3.35. The quantitative estimate of drug-likeness (QED) is 0.552. The van der Waals surface area contributed by atoms with Gasteiger partial charge >= 0.3 is 0 Å². The van der Waals surface area contributed by atoms with Crippen LogP contribution in [0, 0.1) is 0 Å². The Balaban J connectivity index is 2.44. The van der Waals surface area contributed by atoms with Gasteiger partial charge in [0.25, 0.3) is 0 Å². The maximum Gasteiger partial charge on any atom is 0.130 e. The molecule has 0 amide bonds. The van der Waals surface area contributed by atoms with Gasteiger partial charge in [0.2, 0.25) is 0 Å². The van der Waals surface area contributed by atoms with Crippen molar-refractivity contribution in [1.82, 2.24) is 0 Å². The summed E-state index contributed by atoms with van der Waals surface area (Å²) in [6.45, 7) is 0. The van der Waals surface area contributed by atoms with Gasteiger partial charge in [-0.15, -0.1) is 11.6 Å². The highest BCUT2D eigenvalue weighted by atomic mass is 35.5.